The third-order valence-electron chi connectivity index (χ3n) is 4.23. The second-order valence-corrected chi connectivity index (χ2v) is 6.13. The Kier molecular flexibility index (Phi) is 4.66. The molecule has 1 atom stereocenters. The Labute approximate surface area is 143 Å². The molecular formula is C18H25N5O. The van der Waals surface area contributed by atoms with E-state index in [9.17, 15) is 5.11 Å². The molecule has 128 valence electrons. The van der Waals surface area contributed by atoms with E-state index in [-0.39, 0.29) is 12.6 Å². The number of hydrazine groups is 1. The standard InChI is InChI=1S/C18H25N5O/c1-4-14(12-24)20-17-9-10-18-19-11-16(23(18)21-17)13-5-7-15(8-6-13)22(2)3/h5-11,14,19-21,24H,4,12H2,1-3H3. The van der Waals surface area contributed by atoms with Gasteiger partial charge in [0.2, 0.25) is 0 Å². The summed E-state index contributed by atoms with van der Waals surface area (Å²) in [5.41, 5.74) is 6.71. The molecule has 0 saturated heterocycles. The topological polar surface area (TPSA) is 62.8 Å². The van der Waals surface area contributed by atoms with Gasteiger partial charge in [0.25, 0.3) is 0 Å². The fraction of sp³-hybridized carbons (Fsp3) is 0.333. The van der Waals surface area contributed by atoms with Gasteiger partial charge in [-0.2, -0.15) is 0 Å². The zero-order valence-corrected chi connectivity index (χ0v) is 14.4. The predicted molar refractivity (Wildman–Crippen MR) is 97.3 cm³/mol. The van der Waals surface area contributed by atoms with E-state index in [0.29, 0.717) is 0 Å². The van der Waals surface area contributed by atoms with Gasteiger partial charge in [-0.3, -0.25) is 5.43 Å². The van der Waals surface area contributed by atoms with Gasteiger partial charge in [-0.1, -0.05) is 19.1 Å². The summed E-state index contributed by atoms with van der Waals surface area (Å²) >= 11 is 0. The number of allylic oxidation sites excluding steroid dienone is 2. The van der Waals surface area contributed by atoms with Crippen molar-refractivity contribution < 1.29 is 5.11 Å². The van der Waals surface area contributed by atoms with Gasteiger partial charge in [0.1, 0.15) is 11.6 Å². The maximum absolute atomic E-state index is 9.37. The molecule has 1 aromatic carbocycles. The van der Waals surface area contributed by atoms with Gasteiger partial charge >= 0.3 is 0 Å². The summed E-state index contributed by atoms with van der Waals surface area (Å²) < 4.78 is 0. The smallest absolute Gasteiger partial charge is 0.130 e. The number of anilines is 1. The molecule has 3 rings (SSSR count). The highest BCUT2D eigenvalue weighted by atomic mass is 16.3. The summed E-state index contributed by atoms with van der Waals surface area (Å²) in [6.07, 6.45) is 6.84. The number of nitrogens with one attached hydrogen (secondary N) is 3. The molecule has 1 aromatic rings. The molecule has 0 fully saturated rings. The average Bonchev–Trinajstić information content (AvgIpc) is 3.03. The van der Waals surface area contributed by atoms with E-state index in [1.54, 1.807) is 0 Å². The van der Waals surface area contributed by atoms with Crippen molar-refractivity contribution in [3.05, 3.63) is 59.8 Å². The van der Waals surface area contributed by atoms with E-state index in [4.69, 9.17) is 0 Å². The molecule has 0 aliphatic carbocycles. The highest BCUT2D eigenvalue weighted by Gasteiger charge is 2.25. The number of hydrogen-bond donors (Lipinski definition) is 4. The Bertz CT molecular complexity index is 671. The van der Waals surface area contributed by atoms with Gasteiger partial charge in [-0.05, 0) is 30.7 Å². The lowest BCUT2D eigenvalue weighted by molar-refractivity contribution is 0.238. The summed E-state index contributed by atoms with van der Waals surface area (Å²) in [5, 5.41) is 18.0. The molecule has 0 amide bonds. The van der Waals surface area contributed by atoms with Crippen LogP contribution in [-0.2, 0) is 0 Å². The minimum atomic E-state index is 0.0427. The SMILES string of the molecule is CCC(CO)NC1=CC=C2NC=C(c3ccc(N(C)C)cc3)N2N1. The molecule has 2 aliphatic rings. The van der Waals surface area contributed by atoms with E-state index >= 15 is 0 Å². The van der Waals surface area contributed by atoms with Crippen LogP contribution in [0, 0.1) is 0 Å². The number of aliphatic hydroxyl groups excluding tert-OH is 1. The summed E-state index contributed by atoms with van der Waals surface area (Å²) in [7, 11) is 4.07. The second kappa shape index (κ2) is 6.88. The van der Waals surface area contributed by atoms with Gasteiger partial charge in [0.05, 0.1) is 18.3 Å². The van der Waals surface area contributed by atoms with Crippen molar-refractivity contribution in [1.29, 1.82) is 0 Å². The number of nitrogens with zero attached hydrogens (tertiary/aromatic N) is 2. The number of aliphatic hydroxyl groups is 1. The number of rotatable bonds is 6. The van der Waals surface area contributed by atoms with Crippen molar-refractivity contribution in [3.63, 3.8) is 0 Å². The highest BCUT2D eigenvalue weighted by molar-refractivity contribution is 5.69. The van der Waals surface area contributed by atoms with E-state index < -0.39 is 0 Å². The van der Waals surface area contributed by atoms with Crippen molar-refractivity contribution in [1.82, 2.24) is 21.1 Å². The van der Waals surface area contributed by atoms with Crippen molar-refractivity contribution in [2.24, 2.45) is 0 Å². The molecule has 1 unspecified atom stereocenters. The highest BCUT2D eigenvalue weighted by Crippen LogP contribution is 2.28. The third-order valence-corrected chi connectivity index (χ3v) is 4.23. The van der Waals surface area contributed by atoms with Crippen LogP contribution in [0.15, 0.2) is 54.3 Å². The van der Waals surface area contributed by atoms with Crippen LogP contribution in [0.4, 0.5) is 5.69 Å². The molecule has 0 radical (unpaired) electrons. The quantitative estimate of drug-likeness (QED) is 0.635. The van der Waals surface area contributed by atoms with Crippen LogP contribution < -0.4 is 21.0 Å². The first-order valence-corrected chi connectivity index (χ1v) is 8.23. The molecule has 24 heavy (non-hydrogen) atoms. The molecule has 0 spiro atoms. The Morgan fingerprint density at radius 2 is 1.96 bits per heavy atom. The molecule has 0 aromatic heterocycles. The molecule has 2 heterocycles. The first-order valence-electron chi connectivity index (χ1n) is 8.23. The lowest BCUT2D eigenvalue weighted by Gasteiger charge is -2.31. The summed E-state index contributed by atoms with van der Waals surface area (Å²) in [6.45, 7) is 2.16. The van der Waals surface area contributed by atoms with Crippen LogP contribution in [0.3, 0.4) is 0 Å². The molecule has 0 saturated carbocycles. The predicted octanol–water partition coefficient (Wildman–Crippen LogP) is 1.52. The van der Waals surface area contributed by atoms with Crippen LogP contribution in [-0.4, -0.2) is 36.9 Å². The van der Waals surface area contributed by atoms with Gasteiger partial charge in [-0.15, -0.1) is 0 Å². The van der Waals surface area contributed by atoms with Crippen molar-refractivity contribution in [3.8, 4) is 0 Å². The largest absolute Gasteiger partial charge is 0.394 e. The van der Waals surface area contributed by atoms with Gasteiger partial charge < -0.3 is 20.6 Å². The third kappa shape index (κ3) is 3.19. The number of fused-ring (bicyclic) bond motifs is 1. The Balaban J connectivity index is 1.75. The maximum atomic E-state index is 9.37. The van der Waals surface area contributed by atoms with E-state index in [0.717, 1.165) is 29.3 Å². The fourth-order valence-corrected chi connectivity index (χ4v) is 2.68. The van der Waals surface area contributed by atoms with Crippen molar-refractivity contribution in [2.75, 3.05) is 25.6 Å². The van der Waals surface area contributed by atoms with Crippen LogP contribution in [0.1, 0.15) is 18.9 Å². The second-order valence-electron chi connectivity index (χ2n) is 6.13. The molecule has 6 nitrogen and oxygen atoms in total. The Morgan fingerprint density at radius 1 is 1.21 bits per heavy atom. The minimum absolute atomic E-state index is 0.0427. The molecular weight excluding hydrogens is 302 g/mol. The van der Waals surface area contributed by atoms with E-state index in [1.165, 1.54) is 5.69 Å². The van der Waals surface area contributed by atoms with E-state index in [1.807, 2.05) is 44.4 Å². The molecule has 6 heteroatoms. The van der Waals surface area contributed by atoms with Crippen molar-refractivity contribution >= 4 is 11.4 Å². The minimum Gasteiger partial charge on any atom is -0.394 e. The van der Waals surface area contributed by atoms with E-state index in [2.05, 4.69) is 45.2 Å². The molecule has 4 N–H and O–H groups in total. The normalized spacial score (nSPS) is 17.0. The summed E-state index contributed by atoms with van der Waals surface area (Å²) in [4.78, 5) is 2.08. The monoisotopic (exact) mass is 327 g/mol. The average molecular weight is 327 g/mol. The zero-order chi connectivity index (χ0) is 17.1. The summed E-state index contributed by atoms with van der Waals surface area (Å²) in [5.74, 6) is 1.85. The number of benzene rings is 1. The molecule has 0 bridgehead atoms. The Hall–Kier alpha value is -2.60. The van der Waals surface area contributed by atoms with Crippen LogP contribution >= 0.6 is 0 Å². The summed E-state index contributed by atoms with van der Waals surface area (Å²) in [6, 6.07) is 8.48. The lowest BCUT2D eigenvalue weighted by atomic mass is 10.1. The van der Waals surface area contributed by atoms with Crippen LogP contribution in [0.25, 0.3) is 5.70 Å². The first-order chi connectivity index (χ1) is 11.6. The zero-order valence-electron chi connectivity index (χ0n) is 14.4. The van der Waals surface area contributed by atoms with Gasteiger partial charge in [0.15, 0.2) is 0 Å². The fourth-order valence-electron chi connectivity index (χ4n) is 2.68. The first kappa shape index (κ1) is 16.3. The van der Waals surface area contributed by atoms with Gasteiger partial charge in [0, 0.05) is 31.5 Å². The van der Waals surface area contributed by atoms with Gasteiger partial charge in [-0.25, -0.2) is 5.01 Å². The van der Waals surface area contributed by atoms with Crippen molar-refractivity contribution in [2.45, 2.75) is 19.4 Å². The van der Waals surface area contributed by atoms with Crippen LogP contribution in [0.2, 0.25) is 0 Å². The lowest BCUT2D eigenvalue weighted by Crippen LogP contribution is -2.45. The van der Waals surface area contributed by atoms with Crippen LogP contribution in [0.5, 0.6) is 0 Å². The maximum Gasteiger partial charge on any atom is 0.130 e. The molecule has 2 aliphatic heterocycles. The number of hydrogen-bond acceptors (Lipinski definition) is 6. The Morgan fingerprint density at radius 3 is 2.58 bits per heavy atom.